The molecule has 0 aliphatic rings. The number of hydrazine groups is 1. The number of nitrogens with one attached hydrogen (secondary N) is 1. The van der Waals surface area contributed by atoms with Crippen LogP contribution in [0.4, 0.5) is 0 Å². The van der Waals surface area contributed by atoms with Gasteiger partial charge in [-0.1, -0.05) is 6.92 Å². The van der Waals surface area contributed by atoms with E-state index in [4.69, 9.17) is 10.3 Å². The third-order valence-corrected chi connectivity index (χ3v) is 2.82. The third kappa shape index (κ3) is 4.67. The van der Waals surface area contributed by atoms with E-state index in [1.54, 1.807) is 25.1 Å². The van der Waals surface area contributed by atoms with Crippen LogP contribution in [0.15, 0.2) is 16.7 Å². The molecule has 1 rings (SSSR count). The van der Waals surface area contributed by atoms with Crippen molar-refractivity contribution < 1.29 is 14.0 Å². The first-order chi connectivity index (χ1) is 9.47. The highest BCUT2D eigenvalue weighted by molar-refractivity contribution is 5.93. The standard InChI is InChI=1S/C13H22N4O3/c1-4-5-17(8-12(18)16(2)3)7-11-6-10(9-20-11)13(19)15-14/h6,9H,4-5,7-8,14H2,1-3H3,(H,15,19). The zero-order valence-electron chi connectivity index (χ0n) is 12.2. The van der Waals surface area contributed by atoms with E-state index in [0.717, 1.165) is 13.0 Å². The maximum Gasteiger partial charge on any atom is 0.268 e. The Bertz CT molecular complexity index is 456. The summed E-state index contributed by atoms with van der Waals surface area (Å²) in [4.78, 5) is 26.6. The van der Waals surface area contributed by atoms with Crippen LogP contribution in [0.1, 0.15) is 29.5 Å². The minimum Gasteiger partial charge on any atom is -0.467 e. The lowest BCUT2D eigenvalue weighted by atomic mass is 10.3. The predicted molar refractivity (Wildman–Crippen MR) is 74.6 cm³/mol. The van der Waals surface area contributed by atoms with Gasteiger partial charge >= 0.3 is 0 Å². The Hall–Kier alpha value is -1.86. The van der Waals surface area contributed by atoms with Crippen LogP contribution < -0.4 is 11.3 Å². The van der Waals surface area contributed by atoms with E-state index in [0.29, 0.717) is 24.4 Å². The molecule has 7 nitrogen and oxygen atoms in total. The Morgan fingerprint density at radius 1 is 1.40 bits per heavy atom. The van der Waals surface area contributed by atoms with Crippen LogP contribution in [0.3, 0.4) is 0 Å². The number of furan rings is 1. The van der Waals surface area contributed by atoms with Crippen molar-refractivity contribution in [2.24, 2.45) is 5.84 Å². The highest BCUT2D eigenvalue weighted by Gasteiger charge is 2.15. The minimum atomic E-state index is -0.397. The maximum atomic E-state index is 11.8. The van der Waals surface area contributed by atoms with Crippen molar-refractivity contribution in [3.05, 3.63) is 23.7 Å². The van der Waals surface area contributed by atoms with E-state index < -0.39 is 5.91 Å². The molecule has 0 saturated heterocycles. The number of rotatable bonds is 7. The summed E-state index contributed by atoms with van der Waals surface area (Å²) in [7, 11) is 3.45. The van der Waals surface area contributed by atoms with Gasteiger partial charge in [-0.05, 0) is 19.0 Å². The fraction of sp³-hybridized carbons (Fsp3) is 0.538. The molecule has 0 bridgehead atoms. The molecular formula is C13H22N4O3. The predicted octanol–water partition coefficient (Wildman–Crippen LogP) is 0.183. The molecule has 0 spiro atoms. The molecule has 20 heavy (non-hydrogen) atoms. The molecule has 1 heterocycles. The molecule has 3 N–H and O–H groups in total. The van der Waals surface area contributed by atoms with E-state index in [-0.39, 0.29) is 5.91 Å². The molecule has 0 radical (unpaired) electrons. The number of amides is 2. The fourth-order valence-corrected chi connectivity index (χ4v) is 1.75. The Balaban J connectivity index is 2.67. The quantitative estimate of drug-likeness (QED) is 0.423. The van der Waals surface area contributed by atoms with Gasteiger partial charge in [0, 0.05) is 14.1 Å². The van der Waals surface area contributed by atoms with Crippen molar-refractivity contribution in [3.63, 3.8) is 0 Å². The van der Waals surface area contributed by atoms with Crippen molar-refractivity contribution >= 4 is 11.8 Å². The zero-order chi connectivity index (χ0) is 15.1. The Morgan fingerprint density at radius 3 is 2.65 bits per heavy atom. The molecule has 0 atom stereocenters. The second-order valence-electron chi connectivity index (χ2n) is 4.77. The highest BCUT2D eigenvalue weighted by Crippen LogP contribution is 2.11. The number of nitrogen functional groups attached to an aromatic ring is 1. The average Bonchev–Trinajstić information content (AvgIpc) is 2.86. The van der Waals surface area contributed by atoms with Crippen molar-refractivity contribution in [3.8, 4) is 0 Å². The third-order valence-electron chi connectivity index (χ3n) is 2.82. The Morgan fingerprint density at radius 2 is 2.10 bits per heavy atom. The van der Waals surface area contributed by atoms with Gasteiger partial charge in [0.2, 0.25) is 5.91 Å². The summed E-state index contributed by atoms with van der Waals surface area (Å²) in [6.07, 6.45) is 2.28. The van der Waals surface area contributed by atoms with Crippen LogP contribution in [0.5, 0.6) is 0 Å². The van der Waals surface area contributed by atoms with Crippen LogP contribution in [0, 0.1) is 0 Å². The molecule has 0 aliphatic heterocycles. The summed E-state index contributed by atoms with van der Waals surface area (Å²) in [5.74, 6) is 5.32. The number of carbonyl (C=O) groups excluding carboxylic acids is 2. The highest BCUT2D eigenvalue weighted by atomic mass is 16.3. The van der Waals surface area contributed by atoms with Crippen LogP contribution in [0.25, 0.3) is 0 Å². The second-order valence-corrected chi connectivity index (χ2v) is 4.77. The van der Waals surface area contributed by atoms with Gasteiger partial charge in [0.05, 0.1) is 18.7 Å². The van der Waals surface area contributed by atoms with Crippen molar-refractivity contribution in [1.29, 1.82) is 0 Å². The smallest absolute Gasteiger partial charge is 0.268 e. The van der Waals surface area contributed by atoms with Crippen molar-refractivity contribution in [1.82, 2.24) is 15.2 Å². The summed E-state index contributed by atoms with van der Waals surface area (Å²) in [5, 5.41) is 0. The monoisotopic (exact) mass is 282 g/mol. The van der Waals surface area contributed by atoms with Crippen molar-refractivity contribution in [2.75, 3.05) is 27.2 Å². The molecule has 1 aromatic heterocycles. The lowest BCUT2D eigenvalue weighted by Crippen LogP contribution is -2.36. The SMILES string of the molecule is CCCN(CC(=O)N(C)C)Cc1cc(C(=O)NN)co1. The first kappa shape index (κ1) is 16.2. The van der Waals surface area contributed by atoms with Crippen LogP contribution in [0.2, 0.25) is 0 Å². The molecule has 2 amide bonds. The zero-order valence-corrected chi connectivity index (χ0v) is 12.2. The van der Waals surface area contributed by atoms with E-state index in [9.17, 15) is 9.59 Å². The van der Waals surface area contributed by atoms with Crippen molar-refractivity contribution in [2.45, 2.75) is 19.9 Å². The van der Waals surface area contributed by atoms with Gasteiger partial charge in [0.15, 0.2) is 0 Å². The number of carbonyl (C=O) groups is 2. The number of likely N-dealkylation sites (N-methyl/N-ethyl adjacent to an activating group) is 1. The van der Waals surface area contributed by atoms with Gasteiger partial charge in [-0.25, -0.2) is 5.84 Å². The fourth-order valence-electron chi connectivity index (χ4n) is 1.75. The second kappa shape index (κ2) is 7.66. The summed E-state index contributed by atoms with van der Waals surface area (Å²) >= 11 is 0. The maximum absolute atomic E-state index is 11.8. The van der Waals surface area contributed by atoms with Gasteiger partial charge in [0.1, 0.15) is 12.0 Å². The molecule has 0 saturated carbocycles. The van der Waals surface area contributed by atoms with Crippen LogP contribution in [-0.4, -0.2) is 48.8 Å². The summed E-state index contributed by atoms with van der Waals surface area (Å²) in [5.41, 5.74) is 2.42. The van der Waals surface area contributed by atoms with Gasteiger partial charge in [-0.15, -0.1) is 0 Å². The van der Waals surface area contributed by atoms with E-state index in [1.807, 2.05) is 17.2 Å². The number of nitrogens with two attached hydrogens (primary N) is 1. The normalized spacial score (nSPS) is 10.7. The lowest BCUT2D eigenvalue weighted by molar-refractivity contribution is -0.130. The number of hydrogen-bond acceptors (Lipinski definition) is 5. The summed E-state index contributed by atoms with van der Waals surface area (Å²) in [6, 6.07) is 1.63. The van der Waals surface area contributed by atoms with Crippen LogP contribution in [-0.2, 0) is 11.3 Å². The average molecular weight is 282 g/mol. The first-order valence-corrected chi connectivity index (χ1v) is 6.48. The summed E-state index contributed by atoms with van der Waals surface area (Å²) in [6.45, 7) is 3.62. The topological polar surface area (TPSA) is 91.8 Å². The molecule has 0 aromatic carbocycles. The molecular weight excluding hydrogens is 260 g/mol. The summed E-state index contributed by atoms with van der Waals surface area (Å²) < 4.78 is 5.32. The Kier molecular flexibility index (Phi) is 6.20. The van der Waals surface area contributed by atoms with Gasteiger partial charge in [-0.3, -0.25) is 19.9 Å². The molecule has 0 aliphatic carbocycles. The Labute approximate surface area is 118 Å². The largest absolute Gasteiger partial charge is 0.467 e. The molecule has 0 fully saturated rings. The molecule has 1 aromatic rings. The van der Waals surface area contributed by atoms with Crippen LogP contribution >= 0.6 is 0 Å². The van der Waals surface area contributed by atoms with Gasteiger partial charge in [-0.2, -0.15) is 0 Å². The van der Waals surface area contributed by atoms with Gasteiger partial charge in [0.25, 0.3) is 5.91 Å². The number of nitrogens with zero attached hydrogens (tertiary/aromatic N) is 2. The van der Waals surface area contributed by atoms with E-state index in [1.165, 1.54) is 6.26 Å². The number of hydrogen-bond donors (Lipinski definition) is 2. The molecule has 7 heteroatoms. The first-order valence-electron chi connectivity index (χ1n) is 6.48. The minimum absolute atomic E-state index is 0.0323. The molecule has 0 unspecified atom stereocenters. The molecule has 112 valence electrons. The van der Waals surface area contributed by atoms with Gasteiger partial charge < -0.3 is 9.32 Å². The lowest BCUT2D eigenvalue weighted by Gasteiger charge is -2.21. The van der Waals surface area contributed by atoms with E-state index in [2.05, 4.69) is 0 Å². The van der Waals surface area contributed by atoms with E-state index >= 15 is 0 Å².